The highest BCUT2D eigenvalue weighted by Crippen LogP contribution is 2.41. The Balaban J connectivity index is 1.80. The number of nitrogens with zero attached hydrogens (tertiary/aromatic N) is 4. The Morgan fingerprint density at radius 2 is 1.90 bits per heavy atom. The average molecular weight is 417 g/mol. The maximum atomic E-state index is 11.4. The van der Waals surface area contributed by atoms with Crippen molar-refractivity contribution in [1.29, 1.82) is 0 Å². The van der Waals surface area contributed by atoms with Crippen molar-refractivity contribution in [3.05, 3.63) is 93.3 Å². The van der Waals surface area contributed by atoms with Gasteiger partial charge in [0.2, 0.25) is 0 Å². The van der Waals surface area contributed by atoms with E-state index in [-0.39, 0.29) is 5.69 Å². The molecule has 146 valence electrons. The molecule has 5 rings (SSSR count). The van der Waals surface area contributed by atoms with E-state index in [9.17, 15) is 10.1 Å². The van der Waals surface area contributed by atoms with E-state index in [1.54, 1.807) is 24.5 Å². The number of nitro benzene ring substituents is 1. The first-order chi connectivity index (χ1) is 14.6. The lowest BCUT2D eigenvalue weighted by atomic mass is 10.00. The van der Waals surface area contributed by atoms with Gasteiger partial charge < -0.3 is 5.32 Å². The van der Waals surface area contributed by atoms with Crippen LogP contribution in [-0.2, 0) is 0 Å². The molecule has 0 unspecified atom stereocenters. The molecule has 0 bridgehead atoms. The third-order valence-corrected chi connectivity index (χ3v) is 5.10. The van der Waals surface area contributed by atoms with Crippen LogP contribution < -0.4 is 5.32 Å². The standard InChI is InChI=1S/C21H13ClN6O2/c22-16-6-2-1-5-14(16)19-15-10-13(28(29)30)7-8-17(15)24-21-20(25-19)18(26-27-21)12-4-3-9-23-11-12/h1-11H,(H2,24,26,27). The number of fused-ring (bicyclic) bond motifs is 2. The number of non-ortho nitro benzene ring substituents is 1. The molecule has 0 spiro atoms. The third-order valence-electron chi connectivity index (χ3n) is 4.77. The number of aromatic amines is 1. The first-order valence-electron chi connectivity index (χ1n) is 9.00. The molecule has 0 fully saturated rings. The van der Waals surface area contributed by atoms with Crippen molar-refractivity contribution in [1.82, 2.24) is 15.2 Å². The second kappa shape index (κ2) is 7.09. The zero-order valence-electron chi connectivity index (χ0n) is 15.3. The maximum Gasteiger partial charge on any atom is 0.270 e. The van der Waals surface area contributed by atoms with E-state index in [1.807, 2.05) is 30.3 Å². The van der Waals surface area contributed by atoms with Gasteiger partial charge in [0.05, 0.1) is 16.3 Å². The average Bonchev–Trinajstić information content (AvgIpc) is 3.08. The van der Waals surface area contributed by atoms with Gasteiger partial charge in [0, 0.05) is 51.9 Å². The van der Waals surface area contributed by atoms with Crippen molar-refractivity contribution >= 4 is 40.2 Å². The molecule has 8 nitrogen and oxygen atoms in total. The predicted octanol–water partition coefficient (Wildman–Crippen LogP) is 5.26. The lowest BCUT2D eigenvalue weighted by molar-refractivity contribution is -0.384. The molecule has 0 saturated carbocycles. The van der Waals surface area contributed by atoms with E-state index in [0.717, 1.165) is 5.56 Å². The Bertz CT molecular complexity index is 1320. The van der Waals surface area contributed by atoms with Crippen LogP contribution in [0.15, 0.2) is 72.0 Å². The van der Waals surface area contributed by atoms with E-state index in [2.05, 4.69) is 20.5 Å². The van der Waals surface area contributed by atoms with Crippen LogP contribution in [0.25, 0.3) is 11.3 Å². The Morgan fingerprint density at radius 1 is 1.03 bits per heavy atom. The SMILES string of the molecule is O=[N+]([O-])c1ccc2c(c1)C(c1ccccc1Cl)=Nc1c(n[nH]c1-c1cccnc1)N2. The number of nitro groups is 1. The molecule has 0 radical (unpaired) electrons. The van der Waals surface area contributed by atoms with Crippen LogP contribution in [0.3, 0.4) is 0 Å². The number of anilines is 2. The molecular formula is C21H13ClN6O2. The van der Waals surface area contributed by atoms with Crippen LogP contribution in [0, 0.1) is 10.1 Å². The largest absolute Gasteiger partial charge is 0.336 e. The summed E-state index contributed by atoms with van der Waals surface area (Å²) in [6.45, 7) is 0. The number of pyridine rings is 1. The molecule has 2 aromatic heterocycles. The smallest absolute Gasteiger partial charge is 0.270 e. The molecule has 9 heteroatoms. The number of halogens is 1. The number of H-pyrrole nitrogens is 1. The maximum absolute atomic E-state index is 11.4. The number of benzene rings is 2. The molecule has 0 atom stereocenters. The van der Waals surface area contributed by atoms with Gasteiger partial charge in [-0.2, -0.15) is 5.10 Å². The van der Waals surface area contributed by atoms with Gasteiger partial charge in [-0.05, 0) is 24.3 Å². The van der Waals surface area contributed by atoms with Crippen molar-refractivity contribution in [3.8, 4) is 11.3 Å². The first kappa shape index (κ1) is 18.0. The van der Waals surface area contributed by atoms with Crippen molar-refractivity contribution in [3.63, 3.8) is 0 Å². The molecular weight excluding hydrogens is 404 g/mol. The molecule has 4 aromatic rings. The van der Waals surface area contributed by atoms with Gasteiger partial charge in [0.1, 0.15) is 5.69 Å². The molecule has 2 N–H and O–H groups in total. The fraction of sp³-hybridized carbons (Fsp3) is 0. The van der Waals surface area contributed by atoms with E-state index >= 15 is 0 Å². The fourth-order valence-electron chi connectivity index (χ4n) is 3.35. The topological polar surface area (TPSA) is 109 Å². The molecule has 3 heterocycles. The summed E-state index contributed by atoms with van der Waals surface area (Å²) in [5.74, 6) is 0.506. The van der Waals surface area contributed by atoms with Gasteiger partial charge in [-0.1, -0.05) is 29.8 Å². The summed E-state index contributed by atoms with van der Waals surface area (Å²) in [7, 11) is 0. The van der Waals surface area contributed by atoms with Gasteiger partial charge in [-0.15, -0.1) is 0 Å². The Labute approximate surface area is 175 Å². The van der Waals surface area contributed by atoms with Crippen LogP contribution in [0.2, 0.25) is 5.02 Å². The highest BCUT2D eigenvalue weighted by molar-refractivity contribution is 6.36. The number of aromatic nitrogens is 3. The zero-order valence-corrected chi connectivity index (χ0v) is 16.1. The second-order valence-corrected chi connectivity index (χ2v) is 7.00. The number of aliphatic imine (C=N–C) groups is 1. The van der Waals surface area contributed by atoms with Gasteiger partial charge >= 0.3 is 0 Å². The van der Waals surface area contributed by atoms with Crippen LogP contribution in [0.1, 0.15) is 11.1 Å². The summed E-state index contributed by atoms with van der Waals surface area (Å²) in [5.41, 5.74) is 4.39. The fourth-order valence-corrected chi connectivity index (χ4v) is 3.58. The van der Waals surface area contributed by atoms with Crippen molar-refractivity contribution in [2.45, 2.75) is 0 Å². The number of hydrogen-bond donors (Lipinski definition) is 2. The zero-order chi connectivity index (χ0) is 20.7. The van der Waals surface area contributed by atoms with E-state index in [1.165, 1.54) is 12.1 Å². The molecule has 1 aliphatic heterocycles. The number of hydrogen-bond acceptors (Lipinski definition) is 6. The summed E-state index contributed by atoms with van der Waals surface area (Å²) in [6.07, 6.45) is 3.39. The second-order valence-electron chi connectivity index (χ2n) is 6.59. The monoisotopic (exact) mass is 416 g/mol. The minimum absolute atomic E-state index is 0.0381. The van der Waals surface area contributed by atoms with Gasteiger partial charge in [0.25, 0.3) is 5.69 Å². The van der Waals surface area contributed by atoms with Crippen LogP contribution in [0.4, 0.5) is 22.9 Å². The molecule has 30 heavy (non-hydrogen) atoms. The van der Waals surface area contributed by atoms with E-state index < -0.39 is 4.92 Å². The summed E-state index contributed by atoms with van der Waals surface area (Å²) < 4.78 is 0. The summed E-state index contributed by atoms with van der Waals surface area (Å²) in [4.78, 5) is 20.0. The minimum atomic E-state index is -0.435. The third kappa shape index (κ3) is 2.99. The highest BCUT2D eigenvalue weighted by atomic mass is 35.5. The summed E-state index contributed by atoms with van der Waals surface area (Å²) in [5, 5.41) is 22.5. The lowest BCUT2D eigenvalue weighted by Crippen LogP contribution is -2.07. The van der Waals surface area contributed by atoms with E-state index in [0.29, 0.717) is 44.7 Å². The van der Waals surface area contributed by atoms with Gasteiger partial charge in [-0.25, -0.2) is 4.99 Å². The van der Waals surface area contributed by atoms with Crippen LogP contribution in [0.5, 0.6) is 0 Å². The lowest BCUT2D eigenvalue weighted by Gasteiger charge is -2.11. The van der Waals surface area contributed by atoms with Crippen molar-refractivity contribution < 1.29 is 4.92 Å². The van der Waals surface area contributed by atoms with Gasteiger partial charge in [-0.3, -0.25) is 20.2 Å². The highest BCUT2D eigenvalue weighted by Gasteiger charge is 2.25. The summed E-state index contributed by atoms with van der Waals surface area (Å²) in [6, 6.07) is 15.5. The van der Waals surface area contributed by atoms with Crippen molar-refractivity contribution in [2.24, 2.45) is 4.99 Å². The Hall–Kier alpha value is -4.04. The van der Waals surface area contributed by atoms with Gasteiger partial charge in [0.15, 0.2) is 5.82 Å². The number of rotatable bonds is 3. The quantitative estimate of drug-likeness (QED) is 0.308. The predicted molar refractivity (Wildman–Crippen MR) is 115 cm³/mol. The Kier molecular flexibility index (Phi) is 4.26. The molecule has 0 aliphatic carbocycles. The molecule has 1 aliphatic rings. The normalized spacial score (nSPS) is 12.2. The minimum Gasteiger partial charge on any atom is -0.336 e. The van der Waals surface area contributed by atoms with Crippen molar-refractivity contribution in [2.75, 3.05) is 5.32 Å². The molecule has 0 saturated heterocycles. The van der Waals surface area contributed by atoms with Crippen LogP contribution >= 0.6 is 11.6 Å². The van der Waals surface area contributed by atoms with Crippen LogP contribution in [-0.4, -0.2) is 25.8 Å². The molecule has 0 amide bonds. The summed E-state index contributed by atoms with van der Waals surface area (Å²) >= 11 is 6.47. The Morgan fingerprint density at radius 3 is 2.67 bits per heavy atom. The van der Waals surface area contributed by atoms with E-state index in [4.69, 9.17) is 16.6 Å². The first-order valence-corrected chi connectivity index (χ1v) is 9.38. The molecule has 2 aromatic carbocycles. The number of nitrogens with one attached hydrogen (secondary N) is 2.